The van der Waals surface area contributed by atoms with E-state index in [0.29, 0.717) is 17.5 Å². The van der Waals surface area contributed by atoms with Crippen LogP contribution in [0.15, 0.2) is 144 Å². The fourth-order valence-electron chi connectivity index (χ4n) is 6.18. The van der Waals surface area contributed by atoms with Crippen LogP contribution in [0, 0.1) is 0 Å². The molecular weight excluding hydrogens is 526 g/mol. The molecular formula is C39H23N3O. The van der Waals surface area contributed by atoms with E-state index in [1.165, 1.54) is 21.5 Å². The summed E-state index contributed by atoms with van der Waals surface area (Å²) in [4.78, 5) is 15.1. The van der Waals surface area contributed by atoms with Crippen molar-refractivity contribution in [2.75, 3.05) is 0 Å². The molecule has 2 aromatic heterocycles. The third-order valence-corrected chi connectivity index (χ3v) is 8.28. The minimum atomic E-state index is 0.614. The van der Waals surface area contributed by atoms with E-state index in [1.54, 1.807) is 0 Å². The highest BCUT2D eigenvalue weighted by Crippen LogP contribution is 2.39. The molecule has 0 unspecified atom stereocenters. The van der Waals surface area contributed by atoms with Gasteiger partial charge < -0.3 is 4.42 Å². The van der Waals surface area contributed by atoms with Crippen molar-refractivity contribution in [1.82, 2.24) is 15.0 Å². The topological polar surface area (TPSA) is 51.8 Å². The molecule has 0 saturated carbocycles. The molecule has 4 heteroatoms. The highest BCUT2D eigenvalue weighted by Gasteiger charge is 2.18. The van der Waals surface area contributed by atoms with Crippen LogP contribution in [0.25, 0.3) is 88.4 Å². The molecule has 2 heterocycles. The lowest BCUT2D eigenvalue weighted by Crippen LogP contribution is -2.00. The van der Waals surface area contributed by atoms with Crippen molar-refractivity contribution >= 4 is 54.3 Å². The molecule has 0 N–H and O–H groups in total. The van der Waals surface area contributed by atoms with Crippen molar-refractivity contribution < 1.29 is 4.42 Å². The second-order valence-electron chi connectivity index (χ2n) is 10.9. The Morgan fingerprint density at radius 1 is 0.372 bits per heavy atom. The van der Waals surface area contributed by atoms with Crippen molar-refractivity contribution in [3.63, 3.8) is 0 Å². The van der Waals surface area contributed by atoms with Gasteiger partial charge in [0.2, 0.25) is 0 Å². The van der Waals surface area contributed by atoms with Crippen LogP contribution in [0.4, 0.5) is 0 Å². The molecule has 0 saturated heterocycles. The van der Waals surface area contributed by atoms with Gasteiger partial charge in [0.1, 0.15) is 11.2 Å². The van der Waals surface area contributed by atoms with Gasteiger partial charge in [0, 0.05) is 27.5 Å². The molecule has 4 nitrogen and oxygen atoms in total. The average Bonchev–Trinajstić information content (AvgIpc) is 3.45. The summed E-state index contributed by atoms with van der Waals surface area (Å²) in [5, 5.41) is 9.15. The summed E-state index contributed by atoms with van der Waals surface area (Å²) in [5.74, 6) is 1.88. The number of hydrogen-bond donors (Lipinski definition) is 0. The summed E-state index contributed by atoms with van der Waals surface area (Å²) in [5.41, 5.74) is 4.45. The number of fused-ring (bicyclic) bond motifs is 7. The Hall–Kier alpha value is -5.87. The highest BCUT2D eigenvalue weighted by molar-refractivity contribution is 6.19. The number of nitrogens with zero attached hydrogens (tertiary/aromatic N) is 3. The van der Waals surface area contributed by atoms with Gasteiger partial charge in [0.25, 0.3) is 0 Å². The Morgan fingerprint density at radius 2 is 1.07 bits per heavy atom. The minimum Gasteiger partial charge on any atom is -0.456 e. The molecule has 0 spiro atoms. The maximum Gasteiger partial charge on any atom is 0.164 e. The number of benzene rings is 7. The van der Waals surface area contributed by atoms with Gasteiger partial charge in [-0.15, -0.1) is 0 Å². The predicted molar refractivity (Wildman–Crippen MR) is 176 cm³/mol. The molecule has 0 atom stereocenters. The molecule has 0 aliphatic rings. The number of furan rings is 1. The summed E-state index contributed by atoms with van der Waals surface area (Å²) in [6.07, 6.45) is 0. The largest absolute Gasteiger partial charge is 0.456 e. The molecule has 0 aliphatic heterocycles. The van der Waals surface area contributed by atoms with Crippen LogP contribution >= 0.6 is 0 Å². The lowest BCUT2D eigenvalue weighted by molar-refractivity contribution is 0.669. The molecule has 9 rings (SSSR count). The molecule has 0 aliphatic carbocycles. The van der Waals surface area contributed by atoms with E-state index < -0.39 is 0 Å². The fourth-order valence-corrected chi connectivity index (χ4v) is 6.18. The number of hydrogen-bond acceptors (Lipinski definition) is 4. The van der Waals surface area contributed by atoms with E-state index in [9.17, 15) is 0 Å². The van der Waals surface area contributed by atoms with Crippen LogP contribution in [-0.2, 0) is 0 Å². The van der Waals surface area contributed by atoms with Gasteiger partial charge in [-0.2, -0.15) is 0 Å². The zero-order valence-electron chi connectivity index (χ0n) is 23.0. The van der Waals surface area contributed by atoms with Gasteiger partial charge >= 0.3 is 0 Å². The lowest BCUT2D eigenvalue weighted by atomic mass is 9.98. The summed E-state index contributed by atoms with van der Waals surface area (Å²) >= 11 is 0. The molecule has 43 heavy (non-hydrogen) atoms. The Balaban J connectivity index is 1.33. The summed E-state index contributed by atoms with van der Waals surface area (Å²) in [7, 11) is 0. The maximum atomic E-state index is 6.44. The van der Waals surface area contributed by atoms with Crippen molar-refractivity contribution in [2.45, 2.75) is 0 Å². The van der Waals surface area contributed by atoms with Gasteiger partial charge in [0.05, 0.1) is 0 Å². The van der Waals surface area contributed by atoms with Crippen molar-refractivity contribution in [3.8, 4) is 34.2 Å². The van der Waals surface area contributed by atoms with Gasteiger partial charge in [0.15, 0.2) is 17.5 Å². The van der Waals surface area contributed by atoms with Crippen molar-refractivity contribution in [2.24, 2.45) is 0 Å². The van der Waals surface area contributed by atoms with Crippen LogP contribution < -0.4 is 0 Å². The van der Waals surface area contributed by atoms with Gasteiger partial charge in [-0.3, -0.25) is 0 Å². The molecule has 0 fully saturated rings. The van der Waals surface area contributed by atoms with Gasteiger partial charge in [-0.05, 0) is 56.6 Å². The second kappa shape index (κ2) is 9.33. The summed E-state index contributed by atoms with van der Waals surface area (Å²) in [6.45, 7) is 0. The van der Waals surface area contributed by atoms with Crippen molar-refractivity contribution in [1.29, 1.82) is 0 Å². The second-order valence-corrected chi connectivity index (χ2v) is 10.9. The highest BCUT2D eigenvalue weighted by atomic mass is 16.3. The monoisotopic (exact) mass is 549 g/mol. The zero-order chi connectivity index (χ0) is 28.3. The first-order chi connectivity index (χ1) is 21.3. The molecule has 200 valence electrons. The Bertz CT molecular complexity index is 2510. The molecule has 7 aromatic carbocycles. The smallest absolute Gasteiger partial charge is 0.164 e. The van der Waals surface area contributed by atoms with Crippen LogP contribution in [0.3, 0.4) is 0 Å². The standard InChI is InChI=1S/C39H23N3O/c1-2-11-26(12-3-1)37-40-38(29-20-17-24-9-4-5-13-27(24)21-29)42-39(41-37)31-15-8-16-34-36(31)33-23-32-28(22-35(33)43-34)19-18-25-10-6-7-14-30(25)32/h1-23H. The Labute approximate surface area is 246 Å². The van der Waals surface area contributed by atoms with E-state index in [2.05, 4.69) is 97.1 Å². The lowest BCUT2D eigenvalue weighted by Gasteiger charge is -2.10. The fraction of sp³-hybridized carbons (Fsp3) is 0. The quantitative estimate of drug-likeness (QED) is 0.206. The van der Waals surface area contributed by atoms with Crippen molar-refractivity contribution in [3.05, 3.63) is 140 Å². The number of aromatic nitrogens is 3. The van der Waals surface area contributed by atoms with Crippen LogP contribution in [0.5, 0.6) is 0 Å². The van der Waals surface area contributed by atoms with Gasteiger partial charge in [-0.25, -0.2) is 15.0 Å². The molecule has 9 aromatic rings. The first-order valence-electron chi connectivity index (χ1n) is 14.4. The Kier molecular flexibility index (Phi) is 5.16. The molecule has 0 radical (unpaired) electrons. The average molecular weight is 550 g/mol. The summed E-state index contributed by atoms with van der Waals surface area (Å²) < 4.78 is 6.44. The predicted octanol–water partition coefficient (Wildman–Crippen LogP) is 10.2. The van der Waals surface area contributed by atoms with Gasteiger partial charge in [-0.1, -0.05) is 115 Å². The van der Waals surface area contributed by atoms with E-state index in [0.717, 1.165) is 49.4 Å². The zero-order valence-corrected chi connectivity index (χ0v) is 23.0. The normalized spacial score (nSPS) is 11.7. The van der Waals surface area contributed by atoms with E-state index >= 15 is 0 Å². The number of rotatable bonds is 3. The summed E-state index contributed by atoms with van der Waals surface area (Å²) in [6, 6.07) is 48.1. The minimum absolute atomic E-state index is 0.614. The first kappa shape index (κ1) is 23.8. The van der Waals surface area contributed by atoms with E-state index in [-0.39, 0.29) is 0 Å². The SMILES string of the molecule is c1ccc(-c2nc(-c3ccc4ccccc4c3)nc(-c3cccc4oc5cc6ccc7ccccc7c6cc5c34)n2)cc1. The molecule has 0 amide bonds. The Morgan fingerprint density at radius 3 is 1.95 bits per heavy atom. The maximum absolute atomic E-state index is 6.44. The van der Waals surface area contributed by atoms with E-state index in [1.807, 2.05) is 42.5 Å². The first-order valence-corrected chi connectivity index (χ1v) is 14.4. The third kappa shape index (κ3) is 3.88. The van der Waals surface area contributed by atoms with E-state index in [4.69, 9.17) is 19.4 Å². The van der Waals surface area contributed by atoms with Crippen LogP contribution in [0.1, 0.15) is 0 Å². The van der Waals surface area contributed by atoms with Crippen LogP contribution in [-0.4, -0.2) is 15.0 Å². The van der Waals surface area contributed by atoms with Crippen LogP contribution in [0.2, 0.25) is 0 Å². The third-order valence-electron chi connectivity index (χ3n) is 8.28. The molecule has 0 bridgehead atoms.